The van der Waals surface area contributed by atoms with Crippen LogP contribution in [0.2, 0.25) is 0 Å². The van der Waals surface area contributed by atoms with Crippen molar-refractivity contribution < 1.29 is 45.5 Å². The number of nitrogens with zero attached hydrogens (tertiary/aromatic N) is 3. The zero-order valence-corrected chi connectivity index (χ0v) is 18.0. The van der Waals surface area contributed by atoms with E-state index in [2.05, 4.69) is 20.4 Å². The van der Waals surface area contributed by atoms with E-state index in [-0.39, 0.29) is 6.61 Å². The smallest absolute Gasteiger partial charge is 0.475 e. The van der Waals surface area contributed by atoms with E-state index in [1.54, 1.807) is 13.1 Å². The molecule has 0 unspecified atom stereocenters. The SMILES string of the molecule is Cc1onc(-c2ccc(C(F)(F)F)nc2)c1COc1cc2c(cn1)CNCC2.O=C(O)C(F)(F)F. The number of halogens is 6. The minimum absolute atomic E-state index is 0.135. The predicted octanol–water partition coefficient (Wildman–Crippen LogP) is 4.32. The number of alkyl halides is 6. The van der Waals surface area contributed by atoms with Crippen LogP contribution in [0.3, 0.4) is 0 Å². The molecular formula is C21H18F6N4O4. The van der Waals surface area contributed by atoms with Gasteiger partial charge in [0.15, 0.2) is 0 Å². The molecule has 0 fully saturated rings. The second-order valence-electron chi connectivity index (χ2n) is 7.31. The third-order valence-electron chi connectivity index (χ3n) is 4.86. The molecule has 3 aromatic heterocycles. The second-order valence-corrected chi connectivity index (χ2v) is 7.31. The van der Waals surface area contributed by atoms with Gasteiger partial charge in [0.2, 0.25) is 5.88 Å². The minimum atomic E-state index is -5.08. The average Bonchev–Trinajstić information content (AvgIpc) is 3.17. The number of aliphatic carboxylic acids is 1. The number of hydrogen-bond donors (Lipinski definition) is 2. The summed E-state index contributed by atoms with van der Waals surface area (Å²) in [5.41, 5.74) is 2.85. The van der Waals surface area contributed by atoms with Gasteiger partial charge in [0, 0.05) is 30.6 Å². The van der Waals surface area contributed by atoms with E-state index < -0.39 is 24.0 Å². The quantitative estimate of drug-likeness (QED) is 0.506. The van der Waals surface area contributed by atoms with Gasteiger partial charge in [-0.3, -0.25) is 4.98 Å². The van der Waals surface area contributed by atoms with Gasteiger partial charge in [-0.05, 0) is 43.1 Å². The fourth-order valence-electron chi connectivity index (χ4n) is 3.06. The molecule has 1 aliphatic rings. The fraction of sp³-hybridized carbons (Fsp3) is 0.333. The van der Waals surface area contributed by atoms with Gasteiger partial charge in [-0.1, -0.05) is 5.16 Å². The van der Waals surface area contributed by atoms with Crippen molar-refractivity contribution >= 4 is 5.97 Å². The van der Waals surface area contributed by atoms with Crippen LogP contribution in [0.15, 0.2) is 35.1 Å². The summed E-state index contributed by atoms with van der Waals surface area (Å²) in [6, 6.07) is 4.15. The lowest BCUT2D eigenvalue weighted by atomic mass is 10.0. The van der Waals surface area contributed by atoms with Crippen molar-refractivity contribution in [2.45, 2.75) is 38.8 Å². The number of aryl methyl sites for hydroxylation is 1. The van der Waals surface area contributed by atoms with Crippen molar-refractivity contribution in [3.05, 3.63) is 58.7 Å². The summed E-state index contributed by atoms with van der Waals surface area (Å²) < 4.78 is 80.9. The van der Waals surface area contributed by atoms with Crippen LogP contribution in [-0.4, -0.2) is 38.9 Å². The van der Waals surface area contributed by atoms with Crippen molar-refractivity contribution in [3.63, 3.8) is 0 Å². The van der Waals surface area contributed by atoms with Crippen molar-refractivity contribution in [3.8, 4) is 17.1 Å². The molecule has 4 heterocycles. The third-order valence-corrected chi connectivity index (χ3v) is 4.86. The van der Waals surface area contributed by atoms with E-state index in [1.807, 2.05) is 6.07 Å². The summed E-state index contributed by atoms with van der Waals surface area (Å²) in [6.07, 6.45) is -5.74. The summed E-state index contributed by atoms with van der Waals surface area (Å²) in [4.78, 5) is 16.7. The Morgan fingerprint density at radius 2 is 1.86 bits per heavy atom. The van der Waals surface area contributed by atoms with Gasteiger partial charge < -0.3 is 19.7 Å². The monoisotopic (exact) mass is 504 g/mol. The molecule has 0 amide bonds. The Morgan fingerprint density at radius 1 is 1.14 bits per heavy atom. The van der Waals surface area contributed by atoms with Crippen LogP contribution < -0.4 is 10.1 Å². The fourth-order valence-corrected chi connectivity index (χ4v) is 3.06. The van der Waals surface area contributed by atoms with Crippen LogP contribution in [0.25, 0.3) is 11.3 Å². The molecule has 0 saturated carbocycles. The molecule has 0 atom stereocenters. The van der Waals surface area contributed by atoms with Crippen molar-refractivity contribution in [2.24, 2.45) is 0 Å². The van der Waals surface area contributed by atoms with Crippen LogP contribution in [0.4, 0.5) is 26.3 Å². The maximum Gasteiger partial charge on any atom is 0.490 e. The molecule has 0 saturated heterocycles. The van der Waals surface area contributed by atoms with Gasteiger partial charge in [0.1, 0.15) is 23.8 Å². The number of ether oxygens (including phenoxy) is 1. The van der Waals surface area contributed by atoms with Gasteiger partial charge in [-0.2, -0.15) is 26.3 Å². The normalized spacial score (nSPS) is 13.5. The molecular weight excluding hydrogens is 486 g/mol. The molecule has 188 valence electrons. The van der Waals surface area contributed by atoms with Crippen LogP contribution in [0, 0.1) is 6.92 Å². The molecule has 2 N–H and O–H groups in total. The predicted molar refractivity (Wildman–Crippen MR) is 107 cm³/mol. The first-order chi connectivity index (χ1) is 16.4. The van der Waals surface area contributed by atoms with Crippen molar-refractivity contribution in [2.75, 3.05) is 6.54 Å². The summed E-state index contributed by atoms with van der Waals surface area (Å²) in [5.74, 6) is -1.75. The van der Waals surface area contributed by atoms with Gasteiger partial charge in [-0.25, -0.2) is 9.78 Å². The number of carboxylic acid groups (broad SMARTS) is 1. The number of aromatic nitrogens is 3. The van der Waals surface area contributed by atoms with Gasteiger partial charge in [-0.15, -0.1) is 0 Å². The lowest BCUT2D eigenvalue weighted by molar-refractivity contribution is -0.192. The summed E-state index contributed by atoms with van der Waals surface area (Å²) >= 11 is 0. The van der Waals surface area contributed by atoms with Gasteiger partial charge in [0.25, 0.3) is 0 Å². The first-order valence-corrected chi connectivity index (χ1v) is 9.96. The Hall–Kier alpha value is -3.68. The first kappa shape index (κ1) is 25.9. The van der Waals surface area contributed by atoms with Crippen molar-refractivity contribution in [1.82, 2.24) is 20.4 Å². The number of fused-ring (bicyclic) bond motifs is 1. The number of carboxylic acids is 1. The van der Waals surface area contributed by atoms with E-state index >= 15 is 0 Å². The molecule has 1 aliphatic heterocycles. The van der Waals surface area contributed by atoms with Crippen LogP contribution in [0.5, 0.6) is 5.88 Å². The number of pyridine rings is 2. The third kappa shape index (κ3) is 6.68. The van der Waals surface area contributed by atoms with E-state index in [0.717, 1.165) is 37.3 Å². The van der Waals surface area contributed by atoms with Gasteiger partial charge in [0.05, 0.1) is 5.56 Å². The average molecular weight is 504 g/mol. The highest BCUT2D eigenvalue weighted by atomic mass is 19.4. The lowest BCUT2D eigenvalue weighted by Crippen LogP contribution is -2.23. The highest BCUT2D eigenvalue weighted by Crippen LogP contribution is 2.31. The summed E-state index contributed by atoms with van der Waals surface area (Å²) in [7, 11) is 0. The zero-order chi connectivity index (χ0) is 25.8. The molecule has 0 bridgehead atoms. The number of carbonyl (C=O) groups is 1. The summed E-state index contributed by atoms with van der Waals surface area (Å²) in [5, 5.41) is 14.4. The van der Waals surface area contributed by atoms with Crippen LogP contribution >= 0.6 is 0 Å². The molecule has 35 heavy (non-hydrogen) atoms. The highest BCUT2D eigenvalue weighted by Gasteiger charge is 2.38. The van der Waals surface area contributed by atoms with E-state index in [0.29, 0.717) is 28.5 Å². The topological polar surface area (TPSA) is 110 Å². The highest BCUT2D eigenvalue weighted by molar-refractivity contribution is 5.73. The van der Waals surface area contributed by atoms with E-state index in [1.165, 1.54) is 11.6 Å². The van der Waals surface area contributed by atoms with E-state index in [9.17, 15) is 26.3 Å². The zero-order valence-electron chi connectivity index (χ0n) is 18.0. The number of nitrogens with one attached hydrogen (secondary N) is 1. The molecule has 14 heteroatoms. The maximum atomic E-state index is 12.7. The standard InChI is InChI=1S/C19H17F3N4O2.C2HF3O2/c1-11-15(10-27-17-6-12-4-5-23-7-14(12)9-25-17)18(26-28-11)13-2-3-16(24-8-13)19(20,21)22;3-2(4,5)1(6)7/h2-3,6,8-9,23H,4-5,7,10H2,1H3;(H,6,7). The van der Waals surface area contributed by atoms with Crippen molar-refractivity contribution in [1.29, 1.82) is 0 Å². The second kappa shape index (κ2) is 10.3. The maximum absolute atomic E-state index is 12.7. The van der Waals surface area contributed by atoms with Crippen LogP contribution in [-0.2, 0) is 30.5 Å². The molecule has 0 aromatic carbocycles. The molecule has 0 aliphatic carbocycles. The Balaban J connectivity index is 0.000000429. The summed E-state index contributed by atoms with van der Waals surface area (Å²) in [6.45, 7) is 3.55. The molecule has 0 radical (unpaired) electrons. The number of rotatable bonds is 4. The Labute approximate surface area is 193 Å². The molecule has 3 aromatic rings. The van der Waals surface area contributed by atoms with Gasteiger partial charge >= 0.3 is 18.3 Å². The Kier molecular flexibility index (Phi) is 7.63. The van der Waals surface area contributed by atoms with Crippen LogP contribution in [0.1, 0.15) is 28.1 Å². The minimum Gasteiger partial charge on any atom is -0.475 e. The largest absolute Gasteiger partial charge is 0.490 e. The first-order valence-electron chi connectivity index (χ1n) is 9.96. The molecule has 4 rings (SSSR count). The Morgan fingerprint density at radius 3 is 2.46 bits per heavy atom. The Bertz CT molecular complexity index is 1180. The van der Waals surface area contributed by atoms with E-state index in [4.69, 9.17) is 19.2 Å². The molecule has 0 spiro atoms. The molecule has 8 nitrogen and oxygen atoms in total. The number of hydrogen-bond acceptors (Lipinski definition) is 7. The lowest BCUT2D eigenvalue weighted by Gasteiger charge is -2.17.